The number of amidine groups is 1. The summed E-state index contributed by atoms with van der Waals surface area (Å²) in [5.74, 6) is -0.385. The molecule has 4 aliphatic rings. The summed E-state index contributed by atoms with van der Waals surface area (Å²) in [5.41, 5.74) is 0.243. The number of aliphatic hydroxyl groups excluding tert-OH is 2. The minimum Gasteiger partial charge on any atom is -0.434 e. The quantitative estimate of drug-likeness (QED) is 0.237. The van der Waals surface area contributed by atoms with Crippen molar-refractivity contribution in [3.8, 4) is 0 Å². The highest BCUT2D eigenvalue weighted by atomic mass is 32.2. The first-order valence-corrected chi connectivity index (χ1v) is 11.0. The molecule has 4 heterocycles. The number of fused-ring (bicyclic) bond motifs is 1. The number of amides is 1. The maximum atomic E-state index is 12.5. The van der Waals surface area contributed by atoms with Crippen molar-refractivity contribution < 1.29 is 29.1 Å². The van der Waals surface area contributed by atoms with Gasteiger partial charge in [-0.05, 0) is 18.7 Å². The molecule has 3 fully saturated rings. The molecule has 0 aromatic heterocycles. The lowest BCUT2D eigenvalue weighted by molar-refractivity contribution is -0.578. The van der Waals surface area contributed by atoms with Crippen LogP contribution in [0.15, 0.2) is 10.6 Å². The molecule has 3 N–H and O–H groups in total. The third-order valence-corrected chi connectivity index (χ3v) is 8.08. The number of carbonyl (C=O) groups is 2. The van der Waals surface area contributed by atoms with Crippen LogP contribution in [0.2, 0.25) is 0 Å². The summed E-state index contributed by atoms with van der Waals surface area (Å²) >= 11 is 3.45. The average molecular weight is 415 g/mol. The molecular formula is C17H24N3O5S2+. The Morgan fingerprint density at radius 3 is 2.85 bits per heavy atom. The van der Waals surface area contributed by atoms with Gasteiger partial charge < -0.3 is 19.8 Å². The highest BCUT2D eigenvalue weighted by Gasteiger charge is 2.60. The van der Waals surface area contributed by atoms with E-state index in [1.165, 1.54) is 10.1 Å². The number of aliphatic hydroxyl groups is 2. The second-order valence-corrected chi connectivity index (χ2v) is 9.68. The zero-order chi connectivity index (χ0) is 19.3. The van der Waals surface area contributed by atoms with Gasteiger partial charge in [0.15, 0.2) is 6.79 Å². The van der Waals surface area contributed by atoms with E-state index in [1.54, 1.807) is 18.7 Å². The van der Waals surface area contributed by atoms with Crippen molar-refractivity contribution in [1.29, 1.82) is 0 Å². The van der Waals surface area contributed by atoms with Gasteiger partial charge in [-0.3, -0.25) is 14.7 Å². The van der Waals surface area contributed by atoms with Crippen molar-refractivity contribution in [3.05, 3.63) is 10.6 Å². The summed E-state index contributed by atoms with van der Waals surface area (Å²) in [6, 6.07) is -0.223. The van der Waals surface area contributed by atoms with E-state index in [0.717, 1.165) is 30.3 Å². The van der Waals surface area contributed by atoms with Crippen LogP contribution in [0.5, 0.6) is 0 Å². The number of hydrogen-bond acceptors (Lipinski definition) is 7. The predicted molar refractivity (Wildman–Crippen MR) is 102 cm³/mol. The maximum absolute atomic E-state index is 12.5. The topological polar surface area (TPSA) is 102 Å². The number of carbonyl (C=O) groups excluding carboxylic acids is 2. The lowest BCUT2D eigenvalue weighted by Gasteiger charge is -2.46. The number of hydrogen-bond donors (Lipinski definition) is 3. The first-order chi connectivity index (χ1) is 12.9. The molecule has 0 bridgehead atoms. The Morgan fingerprint density at radius 2 is 2.26 bits per heavy atom. The van der Waals surface area contributed by atoms with Crippen LogP contribution in [0.3, 0.4) is 0 Å². The van der Waals surface area contributed by atoms with Crippen molar-refractivity contribution in [3.63, 3.8) is 0 Å². The van der Waals surface area contributed by atoms with Gasteiger partial charge in [-0.25, -0.2) is 4.79 Å². The monoisotopic (exact) mass is 414 g/mol. The summed E-state index contributed by atoms with van der Waals surface area (Å²) in [4.78, 5) is 27.2. The normalized spacial score (nSPS) is 33.5. The fourth-order valence-electron chi connectivity index (χ4n) is 4.21. The molecule has 0 aromatic carbocycles. The van der Waals surface area contributed by atoms with E-state index in [-0.39, 0.29) is 23.6 Å². The van der Waals surface area contributed by atoms with E-state index in [1.807, 2.05) is 18.7 Å². The number of esters is 1. The van der Waals surface area contributed by atoms with Gasteiger partial charge in [-0.1, -0.05) is 6.92 Å². The third kappa shape index (κ3) is 3.06. The number of rotatable bonds is 5. The number of nitrogens with zero attached hydrogens (tertiary/aromatic N) is 2. The minimum absolute atomic E-state index is 0.0470. The minimum atomic E-state index is -0.762. The molecule has 1 amide bonds. The lowest BCUT2D eigenvalue weighted by atomic mass is 9.79. The zero-order valence-electron chi connectivity index (χ0n) is 15.3. The molecule has 4 rings (SSSR count). The molecule has 3 saturated heterocycles. The van der Waals surface area contributed by atoms with Gasteiger partial charge in [-0.2, -0.15) is 0 Å². The second kappa shape index (κ2) is 7.31. The van der Waals surface area contributed by atoms with E-state index < -0.39 is 24.8 Å². The Morgan fingerprint density at radius 1 is 1.52 bits per heavy atom. The summed E-state index contributed by atoms with van der Waals surface area (Å²) in [5, 5.41) is 23.9. The Hall–Kier alpha value is -1.23. The average Bonchev–Trinajstić information content (AvgIpc) is 3.16. The van der Waals surface area contributed by atoms with E-state index in [0.29, 0.717) is 5.25 Å². The first-order valence-electron chi connectivity index (χ1n) is 9.12. The van der Waals surface area contributed by atoms with Crippen LogP contribution in [-0.4, -0.2) is 86.3 Å². The molecule has 0 spiro atoms. The largest absolute Gasteiger partial charge is 0.434 e. The summed E-state index contributed by atoms with van der Waals surface area (Å²) in [7, 11) is 0. The Bertz CT molecular complexity index is 722. The third-order valence-electron chi connectivity index (χ3n) is 5.54. The molecule has 0 saturated carbocycles. The van der Waals surface area contributed by atoms with Crippen molar-refractivity contribution in [1.82, 2.24) is 10.2 Å². The van der Waals surface area contributed by atoms with Gasteiger partial charge in [0.25, 0.3) is 0 Å². The van der Waals surface area contributed by atoms with E-state index in [9.17, 15) is 14.7 Å². The van der Waals surface area contributed by atoms with Gasteiger partial charge in [-0.15, -0.1) is 11.8 Å². The zero-order valence-corrected chi connectivity index (χ0v) is 16.9. The van der Waals surface area contributed by atoms with E-state index >= 15 is 0 Å². The maximum Gasteiger partial charge on any atom is 0.358 e. The van der Waals surface area contributed by atoms with E-state index in [2.05, 4.69) is 9.89 Å². The smallest absolute Gasteiger partial charge is 0.358 e. The van der Waals surface area contributed by atoms with Gasteiger partial charge in [0.05, 0.1) is 29.9 Å². The summed E-state index contributed by atoms with van der Waals surface area (Å²) in [6.07, 6.45) is -0.762. The molecule has 148 valence electrons. The van der Waals surface area contributed by atoms with Gasteiger partial charge >= 0.3 is 11.1 Å². The molecule has 27 heavy (non-hydrogen) atoms. The van der Waals surface area contributed by atoms with Crippen LogP contribution >= 0.6 is 23.5 Å². The molecule has 8 nitrogen and oxygen atoms in total. The SMILES string of the molecule is CC(O)C1C(=O)N2C(C(=O)OCO)=C(SC3C[N+](=C4NCCS4)C3)C(C)C12. The van der Waals surface area contributed by atoms with E-state index in [4.69, 9.17) is 9.84 Å². The molecule has 4 atom stereocenters. The Labute approximate surface area is 166 Å². The molecule has 4 aliphatic heterocycles. The lowest BCUT2D eigenvalue weighted by Crippen LogP contribution is -2.63. The summed E-state index contributed by atoms with van der Waals surface area (Å²) < 4.78 is 7.09. The second-order valence-electron chi connectivity index (χ2n) is 7.25. The number of nitrogens with one attached hydrogen (secondary N) is 1. The predicted octanol–water partition coefficient (Wildman–Crippen LogP) is -0.631. The molecule has 0 aliphatic carbocycles. The van der Waals surface area contributed by atoms with Gasteiger partial charge in [0.2, 0.25) is 5.91 Å². The van der Waals surface area contributed by atoms with Crippen molar-refractivity contribution in [2.45, 2.75) is 31.2 Å². The van der Waals surface area contributed by atoms with Crippen molar-refractivity contribution in [2.75, 3.05) is 32.2 Å². The van der Waals surface area contributed by atoms with Crippen molar-refractivity contribution in [2.24, 2.45) is 11.8 Å². The number of thioether (sulfide) groups is 2. The first kappa shape index (κ1) is 19.1. The van der Waals surface area contributed by atoms with Crippen LogP contribution in [0.1, 0.15) is 13.8 Å². The molecule has 4 unspecified atom stereocenters. The van der Waals surface area contributed by atoms with Crippen LogP contribution in [0.4, 0.5) is 0 Å². The number of β-lactam (4-membered cyclic amide) rings is 1. The molecule has 0 radical (unpaired) electrons. The number of ether oxygens (including phenoxy) is 1. The standard InChI is InChI=1S/C17H23N3O5S2/c1-8-12-11(9(2)22)15(23)20(12)13(16(24)25-7-21)14(8)27-10-5-19(6-10)17-18-3-4-26-17/h8-12,21-22H,3-7H2,1-2H3/p+1. The van der Waals surface area contributed by atoms with Crippen LogP contribution < -0.4 is 5.32 Å². The van der Waals surface area contributed by atoms with Crippen LogP contribution in [-0.2, 0) is 14.3 Å². The molecule has 10 heteroatoms. The van der Waals surface area contributed by atoms with Crippen molar-refractivity contribution >= 4 is 40.6 Å². The fraction of sp³-hybridized carbons (Fsp3) is 0.706. The fourth-order valence-corrected chi connectivity index (χ4v) is 6.66. The highest BCUT2D eigenvalue weighted by Crippen LogP contribution is 2.52. The summed E-state index contributed by atoms with van der Waals surface area (Å²) in [6.45, 7) is 5.64. The molecular weight excluding hydrogens is 390 g/mol. The van der Waals surface area contributed by atoms with Crippen LogP contribution in [0.25, 0.3) is 0 Å². The van der Waals surface area contributed by atoms with Gasteiger partial charge in [0.1, 0.15) is 18.8 Å². The Kier molecular flexibility index (Phi) is 5.17. The molecule has 0 aromatic rings. The van der Waals surface area contributed by atoms with Gasteiger partial charge in [0, 0.05) is 16.6 Å². The Balaban J connectivity index is 1.54. The highest BCUT2D eigenvalue weighted by molar-refractivity contribution is 8.14. The van der Waals surface area contributed by atoms with Crippen LogP contribution in [0, 0.1) is 11.8 Å².